The molecule has 5 heteroatoms. The average Bonchev–Trinajstić information content (AvgIpc) is 2.87. The van der Waals surface area contributed by atoms with Crippen molar-refractivity contribution in [3.8, 4) is 0 Å². The summed E-state index contributed by atoms with van der Waals surface area (Å²) < 4.78 is 35.0. The number of phosphoric ester groups is 1. The fourth-order valence-electron chi connectivity index (χ4n) is 5.19. The summed E-state index contributed by atoms with van der Waals surface area (Å²) in [6.07, 6.45) is 17.7. The summed E-state index contributed by atoms with van der Waals surface area (Å²) >= 11 is 0. The van der Waals surface area contributed by atoms with Crippen LogP contribution in [0, 0.1) is 0 Å². The Kier molecular flexibility index (Phi) is 18.4. The van der Waals surface area contributed by atoms with E-state index in [-0.39, 0.29) is 0 Å². The zero-order chi connectivity index (χ0) is 26.8. The fraction of sp³-hybridized carbons (Fsp3) is 1.00. The summed E-state index contributed by atoms with van der Waals surface area (Å²) in [6, 6.07) is 0. The van der Waals surface area contributed by atoms with Gasteiger partial charge in [-0.2, -0.15) is 0 Å². The molecule has 0 heterocycles. The molecule has 0 saturated heterocycles. The van der Waals surface area contributed by atoms with E-state index in [2.05, 4.69) is 62.3 Å². The molecule has 35 heavy (non-hydrogen) atoms. The Balaban J connectivity index is 6.31. The van der Waals surface area contributed by atoms with E-state index in [1.807, 2.05) is 0 Å². The Morgan fingerprint density at radius 3 is 0.829 bits per heavy atom. The van der Waals surface area contributed by atoms with Gasteiger partial charge < -0.3 is 0 Å². The van der Waals surface area contributed by atoms with E-state index in [9.17, 15) is 4.57 Å². The van der Waals surface area contributed by atoms with E-state index in [0.29, 0.717) is 0 Å². The maximum atomic E-state index is 14.8. The summed E-state index contributed by atoms with van der Waals surface area (Å²) in [7, 11) is -3.83. The first kappa shape index (κ1) is 35.1. The first-order chi connectivity index (χ1) is 16.7. The number of rotatable bonds is 24. The van der Waals surface area contributed by atoms with Crippen molar-refractivity contribution in [3.63, 3.8) is 0 Å². The SMILES string of the molecule is CCCCCC(CC)(CC)OP(=O)(OC(CC)(CC)CCCCC)OC(CC)(CC)CCCCC. The normalized spacial score (nSPS) is 13.5. The van der Waals surface area contributed by atoms with Gasteiger partial charge in [-0.05, 0) is 57.8 Å². The van der Waals surface area contributed by atoms with Crippen molar-refractivity contribution in [2.24, 2.45) is 0 Å². The van der Waals surface area contributed by atoms with Gasteiger partial charge in [-0.15, -0.1) is 0 Å². The molecule has 0 aliphatic carbocycles. The highest BCUT2D eigenvalue weighted by Gasteiger charge is 2.48. The van der Waals surface area contributed by atoms with E-state index in [1.54, 1.807) is 0 Å². The lowest BCUT2D eigenvalue weighted by Gasteiger charge is -2.43. The van der Waals surface area contributed by atoms with Crippen molar-refractivity contribution in [1.29, 1.82) is 0 Å². The van der Waals surface area contributed by atoms with Crippen molar-refractivity contribution < 1.29 is 18.1 Å². The van der Waals surface area contributed by atoms with Gasteiger partial charge in [-0.3, -0.25) is 13.6 Å². The number of hydrogen-bond donors (Lipinski definition) is 0. The van der Waals surface area contributed by atoms with Crippen molar-refractivity contribution in [2.75, 3.05) is 0 Å². The van der Waals surface area contributed by atoms with Crippen molar-refractivity contribution >= 4 is 7.82 Å². The molecule has 0 aliphatic rings. The second-order valence-corrected chi connectivity index (χ2v) is 12.2. The fourth-order valence-corrected chi connectivity index (χ4v) is 7.78. The Bertz CT molecular complexity index is 474. The van der Waals surface area contributed by atoms with E-state index >= 15 is 0 Å². The molecular formula is C30H63O4P. The van der Waals surface area contributed by atoms with E-state index in [1.165, 1.54) is 0 Å². The quantitative estimate of drug-likeness (QED) is 0.0941. The molecule has 0 aliphatic heterocycles. The van der Waals surface area contributed by atoms with Crippen molar-refractivity contribution in [3.05, 3.63) is 0 Å². The maximum Gasteiger partial charge on any atom is 0.476 e. The molecule has 0 aromatic rings. The Morgan fingerprint density at radius 1 is 0.429 bits per heavy atom. The molecule has 0 saturated carbocycles. The molecule has 0 rings (SSSR count). The number of phosphoric acid groups is 1. The van der Waals surface area contributed by atoms with Gasteiger partial charge in [0.15, 0.2) is 0 Å². The van der Waals surface area contributed by atoms with E-state index in [0.717, 1.165) is 116 Å². The summed E-state index contributed by atoms with van der Waals surface area (Å²) in [5, 5.41) is 0. The minimum absolute atomic E-state index is 0.474. The monoisotopic (exact) mass is 518 g/mol. The zero-order valence-corrected chi connectivity index (χ0v) is 26.2. The van der Waals surface area contributed by atoms with Gasteiger partial charge in [0.05, 0.1) is 16.8 Å². The largest absolute Gasteiger partial charge is 0.476 e. The second-order valence-electron chi connectivity index (χ2n) is 10.8. The molecule has 0 bridgehead atoms. The molecule has 0 aromatic heterocycles. The molecule has 0 spiro atoms. The summed E-state index contributed by atoms with van der Waals surface area (Å²) in [4.78, 5) is 0. The maximum absolute atomic E-state index is 14.8. The van der Waals surface area contributed by atoms with Crippen LogP contribution in [0.15, 0.2) is 0 Å². The Labute approximate surface area is 220 Å². The van der Waals surface area contributed by atoms with E-state index < -0.39 is 24.6 Å². The van der Waals surface area contributed by atoms with E-state index in [4.69, 9.17) is 13.6 Å². The number of unbranched alkanes of at least 4 members (excludes halogenated alkanes) is 6. The first-order valence-electron chi connectivity index (χ1n) is 15.4. The minimum Gasteiger partial charge on any atom is -0.280 e. The standard InChI is InChI=1S/C30H63O4P/c1-10-19-22-25-28(13-4,14-5)32-35(31,33-29(15-6,16-7)26-23-20-11-2)34-30(17-8,18-9)27-24-21-12-3/h10-27H2,1-9H3. The molecule has 4 nitrogen and oxygen atoms in total. The Morgan fingerprint density at radius 2 is 0.657 bits per heavy atom. The molecule has 0 radical (unpaired) electrons. The van der Waals surface area contributed by atoms with Crippen LogP contribution in [-0.4, -0.2) is 16.8 Å². The van der Waals surface area contributed by atoms with Gasteiger partial charge in [0, 0.05) is 0 Å². The van der Waals surface area contributed by atoms with Crippen LogP contribution in [0.2, 0.25) is 0 Å². The van der Waals surface area contributed by atoms with Crippen LogP contribution in [0.25, 0.3) is 0 Å². The van der Waals surface area contributed by atoms with Crippen LogP contribution in [0.5, 0.6) is 0 Å². The highest BCUT2D eigenvalue weighted by molar-refractivity contribution is 7.48. The lowest BCUT2D eigenvalue weighted by Crippen LogP contribution is -2.38. The average molecular weight is 519 g/mol. The molecular weight excluding hydrogens is 455 g/mol. The van der Waals surface area contributed by atoms with Crippen LogP contribution < -0.4 is 0 Å². The predicted octanol–water partition coefficient (Wildman–Crippen LogP) is 11.6. The van der Waals surface area contributed by atoms with Crippen LogP contribution >= 0.6 is 7.82 Å². The highest BCUT2D eigenvalue weighted by atomic mass is 31.2. The number of hydrogen-bond acceptors (Lipinski definition) is 4. The molecule has 0 unspecified atom stereocenters. The topological polar surface area (TPSA) is 44.8 Å². The van der Waals surface area contributed by atoms with Crippen molar-refractivity contribution in [2.45, 2.75) is 195 Å². The van der Waals surface area contributed by atoms with Gasteiger partial charge in [0.25, 0.3) is 0 Å². The van der Waals surface area contributed by atoms with Crippen LogP contribution in [-0.2, 0) is 18.1 Å². The zero-order valence-electron chi connectivity index (χ0n) is 25.3. The summed E-state index contributed by atoms with van der Waals surface area (Å²) in [6.45, 7) is 19.6. The van der Waals surface area contributed by atoms with Gasteiger partial charge in [0.1, 0.15) is 0 Å². The molecule has 0 aromatic carbocycles. The molecule has 212 valence electrons. The molecule has 0 fully saturated rings. The third-order valence-electron chi connectivity index (χ3n) is 8.49. The van der Waals surface area contributed by atoms with Gasteiger partial charge in [-0.25, -0.2) is 4.57 Å². The molecule has 0 amide bonds. The van der Waals surface area contributed by atoms with Crippen LogP contribution in [0.4, 0.5) is 0 Å². The summed E-state index contributed by atoms with van der Waals surface area (Å²) in [5.41, 5.74) is -1.42. The lowest BCUT2D eigenvalue weighted by molar-refractivity contribution is -0.0821. The first-order valence-corrected chi connectivity index (χ1v) is 16.8. The summed E-state index contributed by atoms with van der Waals surface area (Å²) in [5.74, 6) is 0. The molecule has 0 atom stereocenters. The van der Waals surface area contributed by atoms with Gasteiger partial charge in [0.2, 0.25) is 0 Å². The van der Waals surface area contributed by atoms with Crippen molar-refractivity contribution in [1.82, 2.24) is 0 Å². The van der Waals surface area contributed by atoms with Crippen LogP contribution in [0.3, 0.4) is 0 Å². The lowest BCUT2D eigenvalue weighted by atomic mass is 9.91. The highest BCUT2D eigenvalue weighted by Crippen LogP contribution is 2.62. The second kappa shape index (κ2) is 18.4. The molecule has 0 N–H and O–H groups in total. The Hall–Kier alpha value is 0.110. The third kappa shape index (κ3) is 12.0. The third-order valence-corrected chi connectivity index (χ3v) is 10.3. The predicted molar refractivity (Wildman–Crippen MR) is 153 cm³/mol. The van der Waals surface area contributed by atoms with Gasteiger partial charge >= 0.3 is 7.82 Å². The van der Waals surface area contributed by atoms with Crippen LogP contribution in [0.1, 0.15) is 178 Å². The van der Waals surface area contributed by atoms with Gasteiger partial charge in [-0.1, -0.05) is 120 Å². The minimum atomic E-state index is -3.83. The smallest absolute Gasteiger partial charge is 0.280 e.